The van der Waals surface area contributed by atoms with Crippen LogP contribution in [0.25, 0.3) is 93.8 Å². The highest BCUT2D eigenvalue weighted by Gasteiger charge is 2.48. The van der Waals surface area contributed by atoms with Crippen LogP contribution in [-0.2, 0) is 5.41 Å². The molecule has 0 radical (unpaired) electrons. The largest absolute Gasteiger partial charge is 0.456 e. The smallest absolute Gasteiger partial charge is 0.333 e. The molecule has 0 bridgehead atoms. The summed E-state index contributed by atoms with van der Waals surface area (Å²) in [5.74, 6) is 0. The summed E-state index contributed by atoms with van der Waals surface area (Å²) in [6.07, 6.45) is 0. The number of hydrogen-bond acceptors (Lipinski definition) is 2. The van der Waals surface area contributed by atoms with Gasteiger partial charge in [0.15, 0.2) is 5.58 Å². The van der Waals surface area contributed by atoms with Gasteiger partial charge in [0.1, 0.15) is 16.7 Å². The van der Waals surface area contributed by atoms with Crippen molar-refractivity contribution in [3.8, 4) is 27.9 Å². The molecule has 3 aliphatic rings. The van der Waals surface area contributed by atoms with Gasteiger partial charge in [0.25, 0.3) is 0 Å². The molecule has 222 valence electrons. The highest BCUT2D eigenvalue weighted by molar-refractivity contribution is 6.90. The molecule has 1 aliphatic carbocycles. The number of para-hydroxylation sites is 4. The lowest BCUT2D eigenvalue weighted by Gasteiger charge is -2.36. The van der Waals surface area contributed by atoms with E-state index in [2.05, 4.69) is 138 Å². The van der Waals surface area contributed by atoms with Crippen molar-refractivity contribution in [3.63, 3.8) is 0 Å². The minimum absolute atomic E-state index is 0.0476. The molecule has 6 aromatic carbocycles. The summed E-state index contributed by atoms with van der Waals surface area (Å²) >= 11 is 0. The molecule has 48 heavy (non-hydrogen) atoms. The molecule has 0 atom stereocenters. The SMILES string of the molecule is CC1(C)c2ccccc2-c2c1n1c3c(cccc23)B2c3c(cc4oc5ccccc5c4c3-1)-c1cccc3c4oc5ccccc5c4n2c13. The van der Waals surface area contributed by atoms with Gasteiger partial charge in [0.2, 0.25) is 0 Å². The number of hydrogen-bond donors (Lipinski definition) is 0. The minimum atomic E-state index is -0.203. The van der Waals surface area contributed by atoms with Gasteiger partial charge in [0.05, 0.1) is 22.1 Å². The fourth-order valence-electron chi connectivity index (χ4n) is 10.1. The summed E-state index contributed by atoms with van der Waals surface area (Å²) in [6, 6.07) is 42.1. The molecule has 0 saturated carbocycles. The van der Waals surface area contributed by atoms with Crippen molar-refractivity contribution >= 4 is 83.6 Å². The quantitative estimate of drug-likeness (QED) is 0.160. The number of furan rings is 2. The predicted molar refractivity (Wildman–Crippen MR) is 197 cm³/mol. The van der Waals surface area contributed by atoms with Crippen LogP contribution in [0.15, 0.2) is 124 Å². The number of benzene rings is 6. The molecule has 4 aromatic heterocycles. The van der Waals surface area contributed by atoms with E-state index < -0.39 is 0 Å². The highest BCUT2D eigenvalue weighted by atomic mass is 16.3. The Morgan fingerprint density at radius 3 is 2.19 bits per heavy atom. The summed E-state index contributed by atoms with van der Waals surface area (Å²) in [5.41, 5.74) is 19.1. The van der Waals surface area contributed by atoms with Gasteiger partial charge in [-0.3, -0.25) is 0 Å². The Labute approximate surface area is 274 Å². The van der Waals surface area contributed by atoms with Crippen molar-refractivity contribution in [1.82, 2.24) is 9.05 Å². The molecule has 0 saturated heterocycles. The van der Waals surface area contributed by atoms with Gasteiger partial charge in [0, 0.05) is 49.3 Å². The Hall–Kier alpha value is -5.94. The van der Waals surface area contributed by atoms with Crippen LogP contribution < -0.4 is 10.9 Å². The van der Waals surface area contributed by atoms with Gasteiger partial charge in [-0.1, -0.05) is 98.8 Å². The lowest BCUT2D eigenvalue weighted by atomic mass is 9.45. The van der Waals surface area contributed by atoms with Crippen LogP contribution in [0.3, 0.4) is 0 Å². The van der Waals surface area contributed by atoms with Crippen molar-refractivity contribution in [2.24, 2.45) is 0 Å². The van der Waals surface area contributed by atoms with Crippen LogP contribution >= 0.6 is 0 Å². The Morgan fingerprint density at radius 1 is 0.583 bits per heavy atom. The zero-order valence-electron chi connectivity index (χ0n) is 26.3. The first-order chi connectivity index (χ1) is 23.6. The average Bonchev–Trinajstić information content (AvgIpc) is 3.89. The average molecular weight is 612 g/mol. The molecular weight excluding hydrogens is 587 g/mol. The zero-order chi connectivity index (χ0) is 31.2. The number of aromatic nitrogens is 2. The second-order valence-electron chi connectivity index (χ2n) is 14.4. The van der Waals surface area contributed by atoms with Gasteiger partial charge in [-0.25, -0.2) is 0 Å². The van der Waals surface area contributed by atoms with Gasteiger partial charge in [-0.2, -0.15) is 0 Å². The number of fused-ring (bicyclic) bond motifs is 18. The Kier molecular flexibility index (Phi) is 3.85. The number of nitrogens with zero attached hydrogens (tertiary/aromatic N) is 2. The summed E-state index contributed by atoms with van der Waals surface area (Å²) < 4.78 is 18.7. The zero-order valence-corrected chi connectivity index (χ0v) is 26.3. The Bertz CT molecular complexity index is 3160. The number of rotatable bonds is 0. The standard InChI is InChI=1S/C43H25BN2O2/c1-43(2)29-17-6-3-11-23(29)34-26-15-10-18-30-38(26)45(42(34)43)40-35-24-12-4-7-19-31(24)47-33(35)21-28-22-14-9-16-27-37(22)46(44(30)36(28)40)39-25-13-5-8-20-32(25)48-41(27)39/h3-21H,1-2H3. The Balaban J connectivity index is 1.34. The third-order valence-electron chi connectivity index (χ3n) is 11.8. The second kappa shape index (κ2) is 7.61. The highest BCUT2D eigenvalue weighted by Crippen LogP contribution is 2.55. The summed E-state index contributed by atoms with van der Waals surface area (Å²) in [6.45, 7) is 4.75. The molecule has 6 heterocycles. The van der Waals surface area contributed by atoms with Crippen LogP contribution in [0.2, 0.25) is 0 Å². The fraction of sp³-hybridized carbons (Fsp3) is 0.0698. The molecule has 4 nitrogen and oxygen atoms in total. The maximum absolute atomic E-state index is 6.76. The normalized spacial score (nSPS) is 15.0. The van der Waals surface area contributed by atoms with Crippen molar-refractivity contribution in [1.29, 1.82) is 0 Å². The van der Waals surface area contributed by atoms with Gasteiger partial charge in [-0.05, 0) is 57.9 Å². The van der Waals surface area contributed by atoms with Gasteiger partial charge in [-0.15, -0.1) is 0 Å². The summed E-state index contributed by atoms with van der Waals surface area (Å²) in [4.78, 5) is 0. The van der Waals surface area contributed by atoms with Gasteiger partial charge >= 0.3 is 6.85 Å². The van der Waals surface area contributed by atoms with E-state index >= 15 is 0 Å². The van der Waals surface area contributed by atoms with E-state index in [4.69, 9.17) is 8.83 Å². The van der Waals surface area contributed by atoms with E-state index in [0.29, 0.717) is 0 Å². The monoisotopic (exact) mass is 612 g/mol. The molecule has 0 spiro atoms. The van der Waals surface area contributed by atoms with Crippen LogP contribution in [0.5, 0.6) is 0 Å². The first-order valence-corrected chi connectivity index (χ1v) is 16.8. The minimum Gasteiger partial charge on any atom is -0.456 e. The Morgan fingerprint density at radius 2 is 1.29 bits per heavy atom. The molecule has 0 amide bonds. The molecule has 10 aromatic rings. The van der Waals surface area contributed by atoms with Gasteiger partial charge < -0.3 is 17.9 Å². The molecule has 0 unspecified atom stereocenters. The molecular formula is C43H25BN2O2. The third-order valence-corrected chi connectivity index (χ3v) is 11.8. The summed E-state index contributed by atoms with van der Waals surface area (Å²) in [5, 5.41) is 5.96. The van der Waals surface area contributed by atoms with E-state index in [1.54, 1.807) is 0 Å². The van der Waals surface area contributed by atoms with Crippen LogP contribution in [0.4, 0.5) is 0 Å². The molecule has 0 N–H and O–H groups in total. The molecule has 2 aliphatic heterocycles. The molecule has 5 heteroatoms. The first kappa shape index (κ1) is 24.3. The maximum Gasteiger partial charge on any atom is 0.333 e. The van der Waals surface area contributed by atoms with Crippen LogP contribution in [0, 0.1) is 0 Å². The summed E-state index contributed by atoms with van der Waals surface area (Å²) in [7, 11) is 0. The van der Waals surface area contributed by atoms with Crippen LogP contribution in [0.1, 0.15) is 25.1 Å². The lowest BCUT2D eigenvalue weighted by molar-refractivity contribution is 0.624. The van der Waals surface area contributed by atoms with Crippen molar-refractivity contribution in [2.75, 3.05) is 0 Å². The molecule has 0 fully saturated rings. The fourth-order valence-corrected chi connectivity index (χ4v) is 10.1. The second-order valence-corrected chi connectivity index (χ2v) is 14.4. The van der Waals surface area contributed by atoms with Crippen molar-refractivity contribution < 1.29 is 8.83 Å². The van der Waals surface area contributed by atoms with Crippen LogP contribution in [-0.4, -0.2) is 15.9 Å². The van der Waals surface area contributed by atoms with Crippen molar-refractivity contribution in [2.45, 2.75) is 19.3 Å². The first-order valence-electron chi connectivity index (χ1n) is 16.8. The maximum atomic E-state index is 6.76. The van der Waals surface area contributed by atoms with E-state index in [1.807, 2.05) is 0 Å². The van der Waals surface area contributed by atoms with E-state index in [0.717, 1.165) is 38.5 Å². The van der Waals surface area contributed by atoms with E-state index in [1.165, 1.54) is 77.4 Å². The third kappa shape index (κ3) is 2.42. The predicted octanol–water partition coefficient (Wildman–Crippen LogP) is 9.64. The topological polar surface area (TPSA) is 36.1 Å². The van der Waals surface area contributed by atoms with E-state index in [-0.39, 0.29) is 12.3 Å². The van der Waals surface area contributed by atoms with E-state index in [9.17, 15) is 0 Å². The van der Waals surface area contributed by atoms with Crippen molar-refractivity contribution in [3.05, 3.63) is 127 Å². The lowest BCUT2D eigenvalue weighted by Crippen LogP contribution is -2.55. The molecule has 13 rings (SSSR count).